The average molecular weight is 304 g/mol. The van der Waals surface area contributed by atoms with Crippen LogP contribution < -0.4 is 4.89 Å². The summed E-state index contributed by atoms with van der Waals surface area (Å²) in [5, 5.41) is 11.3. The van der Waals surface area contributed by atoms with E-state index in [4.69, 9.17) is 9.78 Å². The minimum atomic E-state index is -0.677. The standard InChI is InChI=1S/C15H16N2O5/c1-4-15(2,3)14(18)22-21-12-8-7-11(17(19)20)10-6-5-9-16-13(10)12/h5-9H,4H2,1-3H3. The fourth-order valence-electron chi connectivity index (χ4n) is 1.70. The molecule has 116 valence electrons. The van der Waals surface area contributed by atoms with E-state index in [1.165, 1.54) is 18.3 Å². The van der Waals surface area contributed by atoms with Crippen molar-refractivity contribution in [3.05, 3.63) is 40.6 Å². The zero-order chi connectivity index (χ0) is 16.3. The molecule has 2 aromatic rings. The molecule has 0 atom stereocenters. The van der Waals surface area contributed by atoms with Crippen LogP contribution in [-0.2, 0) is 9.68 Å². The van der Waals surface area contributed by atoms with Gasteiger partial charge >= 0.3 is 5.97 Å². The van der Waals surface area contributed by atoms with Gasteiger partial charge in [0.1, 0.15) is 5.52 Å². The topological polar surface area (TPSA) is 91.6 Å². The van der Waals surface area contributed by atoms with Crippen LogP contribution in [0.1, 0.15) is 27.2 Å². The molecule has 0 aliphatic carbocycles. The lowest BCUT2D eigenvalue weighted by atomic mass is 9.91. The predicted octanol–water partition coefficient (Wildman–Crippen LogP) is 3.42. The van der Waals surface area contributed by atoms with Crippen molar-refractivity contribution < 1.29 is 19.5 Å². The van der Waals surface area contributed by atoms with Gasteiger partial charge in [0, 0.05) is 12.3 Å². The van der Waals surface area contributed by atoms with Gasteiger partial charge in [0.15, 0.2) is 0 Å². The number of nitro benzene ring substituents is 1. The van der Waals surface area contributed by atoms with Crippen molar-refractivity contribution in [2.75, 3.05) is 0 Å². The van der Waals surface area contributed by atoms with Crippen molar-refractivity contribution in [3.8, 4) is 5.75 Å². The quantitative estimate of drug-likeness (QED) is 0.477. The molecule has 1 aromatic heterocycles. The highest BCUT2D eigenvalue weighted by Crippen LogP contribution is 2.32. The van der Waals surface area contributed by atoms with Gasteiger partial charge in [-0.3, -0.25) is 20.0 Å². The van der Waals surface area contributed by atoms with E-state index in [1.54, 1.807) is 26.0 Å². The number of non-ortho nitro benzene ring substituents is 1. The Balaban J connectivity index is 2.32. The van der Waals surface area contributed by atoms with Gasteiger partial charge in [-0.15, -0.1) is 0 Å². The first kappa shape index (κ1) is 15.7. The lowest BCUT2D eigenvalue weighted by Gasteiger charge is -2.18. The third-order valence-corrected chi connectivity index (χ3v) is 3.55. The Morgan fingerprint density at radius 2 is 2.09 bits per heavy atom. The van der Waals surface area contributed by atoms with Crippen LogP contribution >= 0.6 is 0 Å². The third-order valence-electron chi connectivity index (χ3n) is 3.55. The second-order valence-electron chi connectivity index (χ2n) is 5.43. The Hall–Kier alpha value is -2.70. The number of pyridine rings is 1. The molecule has 0 radical (unpaired) electrons. The van der Waals surface area contributed by atoms with Gasteiger partial charge in [-0.25, -0.2) is 9.68 Å². The van der Waals surface area contributed by atoms with Gasteiger partial charge in [-0.1, -0.05) is 6.92 Å². The molecule has 0 spiro atoms. The first-order valence-electron chi connectivity index (χ1n) is 6.78. The Morgan fingerprint density at radius 1 is 1.36 bits per heavy atom. The first-order valence-corrected chi connectivity index (χ1v) is 6.78. The monoisotopic (exact) mass is 304 g/mol. The van der Waals surface area contributed by atoms with Crippen LogP contribution in [0.25, 0.3) is 10.9 Å². The number of carbonyl (C=O) groups excluding carboxylic acids is 1. The van der Waals surface area contributed by atoms with E-state index in [9.17, 15) is 14.9 Å². The van der Waals surface area contributed by atoms with Crippen LogP contribution in [0.15, 0.2) is 30.5 Å². The molecule has 0 aliphatic heterocycles. The summed E-state index contributed by atoms with van der Waals surface area (Å²) in [4.78, 5) is 36.4. The molecule has 0 bridgehead atoms. The van der Waals surface area contributed by atoms with Gasteiger partial charge < -0.3 is 0 Å². The summed E-state index contributed by atoms with van der Waals surface area (Å²) in [6.45, 7) is 5.35. The van der Waals surface area contributed by atoms with Crippen LogP contribution in [0.3, 0.4) is 0 Å². The molecule has 7 nitrogen and oxygen atoms in total. The zero-order valence-electron chi connectivity index (χ0n) is 12.5. The summed E-state index contributed by atoms with van der Waals surface area (Å²) in [7, 11) is 0. The van der Waals surface area contributed by atoms with Crippen LogP contribution in [0.5, 0.6) is 5.75 Å². The molecule has 0 unspecified atom stereocenters. The van der Waals surface area contributed by atoms with Crippen LogP contribution in [-0.4, -0.2) is 15.9 Å². The lowest BCUT2D eigenvalue weighted by Crippen LogP contribution is -2.26. The normalized spacial score (nSPS) is 11.2. The van der Waals surface area contributed by atoms with Crippen LogP contribution in [0, 0.1) is 15.5 Å². The maximum absolute atomic E-state index is 11.9. The number of aromatic nitrogens is 1. The number of benzene rings is 1. The highest BCUT2D eigenvalue weighted by molar-refractivity contribution is 5.92. The van der Waals surface area contributed by atoms with Crippen molar-refractivity contribution >= 4 is 22.6 Å². The fraction of sp³-hybridized carbons (Fsp3) is 0.333. The summed E-state index contributed by atoms with van der Waals surface area (Å²) in [6, 6.07) is 5.80. The minimum Gasteiger partial charge on any atom is -0.285 e. The summed E-state index contributed by atoms with van der Waals surface area (Å²) in [5.41, 5.74) is -0.501. The number of carbonyl (C=O) groups is 1. The maximum Gasteiger partial charge on any atom is 0.360 e. The van der Waals surface area contributed by atoms with Crippen molar-refractivity contribution in [2.24, 2.45) is 5.41 Å². The minimum absolute atomic E-state index is 0.0873. The van der Waals surface area contributed by atoms with E-state index >= 15 is 0 Å². The Labute approximate surface area is 126 Å². The largest absolute Gasteiger partial charge is 0.360 e. The van der Waals surface area contributed by atoms with Gasteiger partial charge in [-0.05, 0) is 38.5 Å². The van der Waals surface area contributed by atoms with E-state index in [1.807, 2.05) is 6.92 Å². The molecular formula is C15H16N2O5. The SMILES string of the molecule is CCC(C)(C)C(=O)OOc1ccc([N+](=O)[O-])c2cccnc12. The van der Waals surface area contributed by atoms with Crippen molar-refractivity contribution in [2.45, 2.75) is 27.2 Å². The first-order chi connectivity index (χ1) is 10.4. The molecule has 0 saturated carbocycles. The van der Waals surface area contributed by atoms with E-state index in [2.05, 4.69) is 4.98 Å². The second kappa shape index (κ2) is 5.97. The third kappa shape index (κ3) is 2.98. The van der Waals surface area contributed by atoms with Crippen molar-refractivity contribution in [3.63, 3.8) is 0 Å². The molecular weight excluding hydrogens is 288 g/mol. The van der Waals surface area contributed by atoms with Gasteiger partial charge in [0.2, 0.25) is 5.75 Å². The highest BCUT2D eigenvalue weighted by Gasteiger charge is 2.29. The Kier molecular flexibility index (Phi) is 4.25. The van der Waals surface area contributed by atoms with E-state index in [0.29, 0.717) is 11.8 Å². The molecule has 1 aromatic carbocycles. The average Bonchev–Trinajstić information content (AvgIpc) is 2.51. The molecule has 7 heteroatoms. The molecule has 1 heterocycles. The molecule has 2 rings (SSSR count). The van der Waals surface area contributed by atoms with Crippen LogP contribution in [0.2, 0.25) is 0 Å². The molecule has 0 fully saturated rings. The second-order valence-corrected chi connectivity index (χ2v) is 5.43. The van der Waals surface area contributed by atoms with E-state index < -0.39 is 16.3 Å². The smallest absolute Gasteiger partial charge is 0.285 e. The highest BCUT2D eigenvalue weighted by atomic mass is 17.2. The molecule has 0 N–H and O–H groups in total. The fourth-order valence-corrected chi connectivity index (χ4v) is 1.70. The maximum atomic E-state index is 11.9. The van der Waals surface area contributed by atoms with Gasteiger partial charge in [0.25, 0.3) is 5.69 Å². The number of fused-ring (bicyclic) bond motifs is 1. The number of hydrogen-bond donors (Lipinski definition) is 0. The van der Waals surface area contributed by atoms with Crippen molar-refractivity contribution in [1.29, 1.82) is 0 Å². The van der Waals surface area contributed by atoms with E-state index in [-0.39, 0.29) is 17.0 Å². The lowest BCUT2D eigenvalue weighted by molar-refractivity contribution is -0.383. The number of nitro groups is 1. The summed E-state index contributed by atoms with van der Waals surface area (Å²) < 4.78 is 0. The Bertz CT molecular complexity index is 727. The molecule has 0 amide bonds. The molecule has 0 aliphatic rings. The number of rotatable bonds is 5. The van der Waals surface area contributed by atoms with Gasteiger partial charge in [-0.2, -0.15) is 0 Å². The number of nitrogens with zero attached hydrogens (tertiary/aromatic N) is 2. The van der Waals surface area contributed by atoms with E-state index in [0.717, 1.165) is 0 Å². The summed E-state index contributed by atoms with van der Waals surface area (Å²) in [6.07, 6.45) is 2.07. The number of hydrogen-bond acceptors (Lipinski definition) is 6. The Morgan fingerprint density at radius 3 is 2.73 bits per heavy atom. The predicted molar refractivity (Wildman–Crippen MR) is 79.2 cm³/mol. The van der Waals surface area contributed by atoms with Gasteiger partial charge in [0.05, 0.1) is 15.7 Å². The van der Waals surface area contributed by atoms with Crippen molar-refractivity contribution in [1.82, 2.24) is 4.98 Å². The molecule has 22 heavy (non-hydrogen) atoms. The summed E-state index contributed by atoms with van der Waals surface area (Å²) in [5.74, 6) is -0.362. The van der Waals surface area contributed by atoms with Crippen LogP contribution in [0.4, 0.5) is 5.69 Å². The zero-order valence-corrected chi connectivity index (χ0v) is 12.5. The summed E-state index contributed by atoms with van der Waals surface area (Å²) >= 11 is 0. The molecule has 0 saturated heterocycles.